The molecule has 0 unspecified atom stereocenters. The number of anilines is 4. The summed E-state index contributed by atoms with van der Waals surface area (Å²) in [5, 5.41) is 6.79. The Hall–Kier alpha value is -3.70. The van der Waals surface area contributed by atoms with Gasteiger partial charge in [0, 0.05) is 31.4 Å². The molecule has 0 spiro atoms. The summed E-state index contributed by atoms with van der Waals surface area (Å²) in [6.45, 7) is 2.77. The fourth-order valence-electron chi connectivity index (χ4n) is 4.56. The highest BCUT2D eigenvalue weighted by molar-refractivity contribution is 7.92. The normalized spacial score (nSPS) is 18.0. The monoisotopic (exact) mass is 520 g/mol. The molecule has 0 bridgehead atoms. The lowest BCUT2D eigenvalue weighted by Gasteiger charge is -2.26. The van der Waals surface area contributed by atoms with Gasteiger partial charge in [0.1, 0.15) is 0 Å². The summed E-state index contributed by atoms with van der Waals surface area (Å²) in [7, 11) is -2.15. The van der Waals surface area contributed by atoms with Gasteiger partial charge < -0.3 is 20.9 Å². The summed E-state index contributed by atoms with van der Waals surface area (Å²) in [6, 6.07) is 16.2. The van der Waals surface area contributed by atoms with Crippen LogP contribution in [0, 0.1) is 0 Å². The van der Waals surface area contributed by atoms with Crippen LogP contribution in [0.15, 0.2) is 65.8 Å². The molecule has 194 valence electrons. The van der Waals surface area contributed by atoms with Crippen molar-refractivity contribution in [2.75, 3.05) is 22.0 Å². The van der Waals surface area contributed by atoms with Gasteiger partial charge in [-0.3, -0.25) is 4.31 Å². The van der Waals surface area contributed by atoms with Crippen molar-refractivity contribution in [3.63, 3.8) is 0 Å². The van der Waals surface area contributed by atoms with Gasteiger partial charge in [-0.05, 0) is 69.0 Å². The second-order valence-electron chi connectivity index (χ2n) is 9.31. The molecule has 2 heterocycles. The molecule has 37 heavy (non-hydrogen) atoms. The Balaban J connectivity index is 1.40. The van der Waals surface area contributed by atoms with Gasteiger partial charge in [-0.25, -0.2) is 13.4 Å². The van der Waals surface area contributed by atoms with E-state index < -0.39 is 10.0 Å². The number of imidazole rings is 1. The minimum atomic E-state index is -3.70. The topological polar surface area (TPSA) is 131 Å². The smallest absolute Gasteiger partial charge is 0.264 e. The lowest BCUT2D eigenvalue weighted by molar-refractivity contribution is 0.410. The van der Waals surface area contributed by atoms with E-state index in [-0.39, 0.29) is 17.0 Å². The molecule has 0 saturated heterocycles. The van der Waals surface area contributed by atoms with Crippen molar-refractivity contribution in [3.8, 4) is 0 Å². The highest BCUT2D eigenvalue weighted by Crippen LogP contribution is 2.28. The van der Waals surface area contributed by atoms with Crippen LogP contribution in [-0.4, -0.2) is 47.1 Å². The van der Waals surface area contributed by atoms with E-state index in [1.54, 1.807) is 49.8 Å². The number of benzene rings is 2. The predicted octanol–water partition coefficient (Wildman–Crippen LogP) is 4.10. The standard InChI is InChI=1S/C26H32N8O2S/c1-3-34-17-28-23-24(31-26(32-25(23)34)30-20-11-9-18(27)10-12-20)29-19-13-15-22(16-14-19)37(35,36)33(2)21-7-5-4-6-8-21/h4-8,13-18,20H,3,9-12,27H2,1-2H3,(H2,29,30,31,32)/t18-,20-. The third kappa shape index (κ3) is 5.23. The first-order chi connectivity index (χ1) is 17.8. The van der Waals surface area contributed by atoms with Crippen molar-refractivity contribution >= 4 is 44.3 Å². The van der Waals surface area contributed by atoms with Gasteiger partial charge in [0.15, 0.2) is 17.0 Å². The van der Waals surface area contributed by atoms with Crippen LogP contribution in [0.1, 0.15) is 32.6 Å². The first-order valence-corrected chi connectivity index (χ1v) is 13.9. The maximum absolute atomic E-state index is 13.1. The van der Waals surface area contributed by atoms with E-state index in [1.165, 1.54) is 4.31 Å². The number of hydrogen-bond donors (Lipinski definition) is 3. The summed E-state index contributed by atoms with van der Waals surface area (Å²) in [6.07, 6.45) is 5.67. The van der Waals surface area contributed by atoms with Crippen molar-refractivity contribution in [1.82, 2.24) is 19.5 Å². The minimum absolute atomic E-state index is 0.199. The number of rotatable bonds is 8. The van der Waals surface area contributed by atoms with Crippen LogP contribution in [0.2, 0.25) is 0 Å². The zero-order valence-electron chi connectivity index (χ0n) is 21.0. The van der Waals surface area contributed by atoms with E-state index in [4.69, 9.17) is 15.7 Å². The minimum Gasteiger partial charge on any atom is -0.351 e. The lowest BCUT2D eigenvalue weighted by Crippen LogP contribution is -2.33. The van der Waals surface area contributed by atoms with Gasteiger partial charge in [-0.15, -0.1) is 0 Å². The van der Waals surface area contributed by atoms with E-state index >= 15 is 0 Å². The van der Waals surface area contributed by atoms with Crippen LogP contribution in [0.4, 0.5) is 23.1 Å². The Labute approximate surface area is 217 Å². The number of nitrogens with two attached hydrogens (primary N) is 1. The number of aryl methyl sites for hydroxylation is 1. The Kier molecular flexibility index (Phi) is 6.98. The van der Waals surface area contributed by atoms with Crippen LogP contribution in [0.3, 0.4) is 0 Å². The van der Waals surface area contributed by atoms with Gasteiger partial charge in [-0.1, -0.05) is 18.2 Å². The number of para-hydroxylation sites is 1. The number of sulfonamides is 1. The van der Waals surface area contributed by atoms with Crippen LogP contribution in [-0.2, 0) is 16.6 Å². The van der Waals surface area contributed by atoms with Crippen molar-refractivity contribution in [1.29, 1.82) is 0 Å². The van der Waals surface area contributed by atoms with E-state index in [0.717, 1.165) is 37.9 Å². The molecule has 10 nitrogen and oxygen atoms in total. The molecule has 1 saturated carbocycles. The van der Waals surface area contributed by atoms with E-state index in [0.29, 0.717) is 28.7 Å². The van der Waals surface area contributed by atoms with Crippen LogP contribution in [0.25, 0.3) is 11.2 Å². The highest BCUT2D eigenvalue weighted by Gasteiger charge is 2.22. The van der Waals surface area contributed by atoms with Gasteiger partial charge in [-0.2, -0.15) is 9.97 Å². The van der Waals surface area contributed by atoms with Crippen molar-refractivity contribution < 1.29 is 8.42 Å². The molecule has 1 aliphatic rings. The van der Waals surface area contributed by atoms with E-state index in [9.17, 15) is 8.42 Å². The number of fused-ring (bicyclic) bond motifs is 1. The van der Waals surface area contributed by atoms with Crippen LogP contribution < -0.4 is 20.7 Å². The number of aromatic nitrogens is 4. The maximum Gasteiger partial charge on any atom is 0.264 e. The van der Waals surface area contributed by atoms with Gasteiger partial charge >= 0.3 is 0 Å². The molecular weight excluding hydrogens is 488 g/mol. The second kappa shape index (κ2) is 10.3. The zero-order valence-corrected chi connectivity index (χ0v) is 21.8. The Morgan fingerprint density at radius 2 is 1.73 bits per heavy atom. The quantitative estimate of drug-likeness (QED) is 0.317. The summed E-state index contributed by atoms with van der Waals surface area (Å²) in [5.41, 5.74) is 8.74. The molecule has 11 heteroatoms. The van der Waals surface area contributed by atoms with Gasteiger partial charge in [0.05, 0.1) is 16.9 Å². The summed E-state index contributed by atoms with van der Waals surface area (Å²) < 4.78 is 29.5. The molecule has 0 radical (unpaired) electrons. The summed E-state index contributed by atoms with van der Waals surface area (Å²) in [5.74, 6) is 1.10. The predicted molar refractivity (Wildman–Crippen MR) is 147 cm³/mol. The molecule has 1 fully saturated rings. The Morgan fingerprint density at radius 3 is 2.41 bits per heavy atom. The maximum atomic E-state index is 13.1. The van der Waals surface area contributed by atoms with Gasteiger partial charge in [0.25, 0.3) is 10.0 Å². The largest absolute Gasteiger partial charge is 0.351 e. The molecule has 2 aromatic carbocycles. The molecule has 4 aromatic rings. The average Bonchev–Trinajstić information content (AvgIpc) is 3.34. The Morgan fingerprint density at radius 1 is 1.03 bits per heavy atom. The number of hydrogen-bond acceptors (Lipinski definition) is 8. The summed E-state index contributed by atoms with van der Waals surface area (Å²) in [4.78, 5) is 14.2. The average molecular weight is 521 g/mol. The first-order valence-electron chi connectivity index (χ1n) is 12.5. The molecule has 1 aliphatic carbocycles. The number of nitrogens with zero attached hydrogens (tertiary/aromatic N) is 5. The lowest BCUT2D eigenvalue weighted by atomic mass is 9.92. The van der Waals surface area contributed by atoms with Crippen molar-refractivity contribution in [2.24, 2.45) is 5.73 Å². The third-order valence-electron chi connectivity index (χ3n) is 6.80. The van der Waals surface area contributed by atoms with Crippen molar-refractivity contribution in [2.45, 2.75) is 56.1 Å². The molecule has 0 atom stereocenters. The van der Waals surface area contributed by atoms with E-state index in [2.05, 4.69) is 15.6 Å². The third-order valence-corrected chi connectivity index (χ3v) is 8.60. The second-order valence-corrected chi connectivity index (χ2v) is 11.3. The molecule has 0 amide bonds. The van der Waals surface area contributed by atoms with Crippen LogP contribution in [0.5, 0.6) is 0 Å². The van der Waals surface area contributed by atoms with Crippen LogP contribution >= 0.6 is 0 Å². The highest BCUT2D eigenvalue weighted by atomic mass is 32.2. The molecule has 5 rings (SSSR count). The fourth-order valence-corrected chi connectivity index (χ4v) is 5.75. The fraction of sp³-hybridized carbons (Fsp3) is 0.346. The molecule has 2 aromatic heterocycles. The summed E-state index contributed by atoms with van der Waals surface area (Å²) >= 11 is 0. The van der Waals surface area contributed by atoms with Gasteiger partial charge in [0.2, 0.25) is 5.95 Å². The first kappa shape index (κ1) is 25.0. The number of nitrogens with one attached hydrogen (secondary N) is 2. The van der Waals surface area contributed by atoms with E-state index in [1.807, 2.05) is 29.7 Å². The zero-order chi connectivity index (χ0) is 26.0. The van der Waals surface area contributed by atoms with Crippen molar-refractivity contribution in [3.05, 3.63) is 60.9 Å². The SMILES string of the molecule is CCn1cnc2c(Nc3ccc(S(=O)(=O)N(C)c4ccccc4)cc3)nc(N[C@H]3CC[C@H](N)CC3)nc21. The molecule has 0 aliphatic heterocycles. The molecule has 4 N–H and O–H groups in total. The molecular formula is C26H32N8O2S. The Bertz CT molecular complexity index is 1460.